The van der Waals surface area contributed by atoms with Crippen molar-refractivity contribution in [3.63, 3.8) is 0 Å². The molecule has 0 radical (unpaired) electrons. The van der Waals surface area contributed by atoms with E-state index in [1.807, 2.05) is 13.8 Å². The minimum atomic E-state index is -0.317. The van der Waals surface area contributed by atoms with Gasteiger partial charge in [-0.05, 0) is 27.2 Å². The van der Waals surface area contributed by atoms with Crippen molar-refractivity contribution >= 4 is 21.6 Å². The number of nitrogens with zero attached hydrogens (tertiary/aromatic N) is 3. The number of hydrogen-bond donors (Lipinski definition) is 0. The third kappa shape index (κ3) is 3.31. The Morgan fingerprint density at radius 3 is 2.56 bits per heavy atom. The first-order valence-corrected chi connectivity index (χ1v) is 7.16. The van der Waals surface area contributed by atoms with E-state index in [-0.39, 0.29) is 21.5 Å². The summed E-state index contributed by atoms with van der Waals surface area (Å²) >= 11 is 3.59. The Hall–Kier alpha value is -0.910. The second kappa shape index (κ2) is 6.31. The summed E-state index contributed by atoms with van der Waals surface area (Å²) < 4.78 is 1.78. The molecule has 0 aliphatic rings. The molecule has 1 atom stereocenters. The van der Waals surface area contributed by atoms with Gasteiger partial charge in [-0.3, -0.25) is 14.8 Å². The molecule has 0 bridgehead atoms. The Balaban J connectivity index is 3.15. The second-order valence-electron chi connectivity index (χ2n) is 4.77. The van der Waals surface area contributed by atoms with Crippen molar-refractivity contribution in [2.45, 2.75) is 57.8 Å². The zero-order chi connectivity index (χ0) is 13.9. The molecule has 0 saturated carbocycles. The summed E-state index contributed by atoms with van der Waals surface area (Å²) in [6.07, 6.45) is 2.70. The molecular weight excluding hydrogens is 298 g/mol. The zero-order valence-electron chi connectivity index (χ0n) is 11.3. The molecule has 0 aromatic carbocycles. The van der Waals surface area contributed by atoms with Crippen LogP contribution in [0.3, 0.4) is 0 Å². The maximum atomic E-state index is 11.2. The molecule has 0 spiro atoms. The van der Waals surface area contributed by atoms with E-state index < -0.39 is 0 Å². The van der Waals surface area contributed by atoms with Crippen LogP contribution in [0.5, 0.6) is 0 Å². The number of hydrogen-bond acceptors (Lipinski definition) is 3. The highest BCUT2D eigenvalue weighted by Crippen LogP contribution is 2.28. The Morgan fingerprint density at radius 1 is 1.50 bits per heavy atom. The minimum Gasteiger partial charge on any atom is -0.260 e. The number of aromatic nitrogens is 2. The van der Waals surface area contributed by atoms with Gasteiger partial charge in [-0.2, -0.15) is 5.10 Å². The van der Waals surface area contributed by atoms with E-state index in [2.05, 4.69) is 28.0 Å². The van der Waals surface area contributed by atoms with Crippen molar-refractivity contribution < 1.29 is 4.92 Å². The zero-order valence-corrected chi connectivity index (χ0v) is 12.9. The molecule has 1 rings (SSSR count). The van der Waals surface area contributed by atoms with E-state index in [0.717, 1.165) is 18.5 Å². The number of aryl methyl sites for hydroxylation is 1. The fraction of sp³-hybridized carbons (Fsp3) is 0.750. The molecular formula is C12H20BrN3O2. The highest BCUT2D eigenvalue weighted by molar-refractivity contribution is 9.09. The average molecular weight is 318 g/mol. The highest BCUT2D eigenvalue weighted by Gasteiger charge is 2.27. The molecule has 0 amide bonds. The highest BCUT2D eigenvalue weighted by atomic mass is 79.9. The van der Waals surface area contributed by atoms with Gasteiger partial charge in [0.15, 0.2) is 0 Å². The molecule has 1 unspecified atom stereocenters. The summed E-state index contributed by atoms with van der Waals surface area (Å²) in [6, 6.07) is 0.133. The van der Waals surface area contributed by atoms with Gasteiger partial charge in [0.05, 0.1) is 4.92 Å². The number of rotatable bonds is 6. The van der Waals surface area contributed by atoms with Gasteiger partial charge < -0.3 is 0 Å². The van der Waals surface area contributed by atoms with E-state index >= 15 is 0 Å². The van der Waals surface area contributed by atoms with Crippen molar-refractivity contribution in [1.29, 1.82) is 0 Å². The molecule has 0 aliphatic heterocycles. The largest absolute Gasteiger partial charge is 0.313 e. The van der Waals surface area contributed by atoms with Crippen LogP contribution in [0.1, 0.15) is 51.0 Å². The van der Waals surface area contributed by atoms with Gasteiger partial charge in [0.25, 0.3) is 0 Å². The topological polar surface area (TPSA) is 61.0 Å². The van der Waals surface area contributed by atoms with Crippen LogP contribution in [-0.2, 0) is 6.42 Å². The van der Waals surface area contributed by atoms with Crippen LogP contribution in [0.4, 0.5) is 5.69 Å². The van der Waals surface area contributed by atoms with Crippen LogP contribution in [0.2, 0.25) is 0 Å². The van der Waals surface area contributed by atoms with E-state index in [9.17, 15) is 10.1 Å². The van der Waals surface area contributed by atoms with Crippen molar-refractivity contribution in [2.75, 3.05) is 0 Å². The van der Waals surface area contributed by atoms with Gasteiger partial charge in [0.1, 0.15) is 11.4 Å². The lowest BCUT2D eigenvalue weighted by molar-refractivity contribution is -0.386. The molecule has 1 heterocycles. The Kier molecular flexibility index (Phi) is 5.31. The van der Waals surface area contributed by atoms with Crippen LogP contribution in [0.25, 0.3) is 0 Å². The van der Waals surface area contributed by atoms with Crippen LogP contribution >= 0.6 is 15.9 Å². The Bertz CT molecular complexity index is 429. The molecule has 102 valence electrons. The number of nitro groups is 1. The summed E-state index contributed by atoms with van der Waals surface area (Å²) in [5.74, 6) is 0. The van der Waals surface area contributed by atoms with Crippen molar-refractivity contribution in [1.82, 2.24) is 9.78 Å². The Morgan fingerprint density at radius 2 is 2.11 bits per heavy atom. The maximum Gasteiger partial charge on any atom is 0.313 e. The molecule has 0 aliphatic carbocycles. The average Bonchev–Trinajstić information content (AvgIpc) is 2.55. The molecule has 5 nitrogen and oxygen atoms in total. The van der Waals surface area contributed by atoms with Crippen LogP contribution in [0.15, 0.2) is 0 Å². The smallest absolute Gasteiger partial charge is 0.260 e. The summed E-state index contributed by atoms with van der Waals surface area (Å²) in [7, 11) is 0. The molecule has 0 fully saturated rings. The third-order valence-electron chi connectivity index (χ3n) is 2.84. The van der Waals surface area contributed by atoms with Gasteiger partial charge in [0.2, 0.25) is 0 Å². The number of alkyl halides is 1. The fourth-order valence-electron chi connectivity index (χ4n) is 2.07. The summed E-state index contributed by atoms with van der Waals surface area (Å²) in [5, 5.41) is 15.5. The van der Waals surface area contributed by atoms with Crippen LogP contribution < -0.4 is 0 Å². The molecule has 0 saturated heterocycles. The lowest BCUT2D eigenvalue weighted by Crippen LogP contribution is -2.13. The monoisotopic (exact) mass is 317 g/mol. The van der Waals surface area contributed by atoms with Gasteiger partial charge in [-0.15, -0.1) is 0 Å². The van der Waals surface area contributed by atoms with E-state index in [4.69, 9.17) is 0 Å². The van der Waals surface area contributed by atoms with E-state index in [1.54, 1.807) is 11.6 Å². The van der Waals surface area contributed by atoms with Crippen LogP contribution in [-0.4, -0.2) is 19.5 Å². The maximum absolute atomic E-state index is 11.2. The quantitative estimate of drug-likeness (QED) is 0.455. The number of halogens is 1. The van der Waals surface area contributed by atoms with Gasteiger partial charge in [-0.1, -0.05) is 29.3 Å². The molecule has 0 N–H and O–H groups in total. The van der Waals surface area contributed by atoms with Gasteiger partial charge >= 0.3 is 5.69 Å². The predicted molar refractivity (Wildman–Crippen MR) is 75.3 cm³/mol. The molecule has 1 aromatic rings. The lowest BCUT2D eigenvalue weighted by atomic mass is 10.1. The molecule has 18 heavy (non-hydrogen) atoms. The van der Waals surface area contributed by atoms with E-state index in [1.165, 1.54) is 0 Å². The van der Waals surface area contributed by atoms with E-state index in [0.29, 0.717) is 12.1 Å². The summed E-state index contributed by atoms with van der Waals surface area (Å²) in [4.78, 5) is 11.1. The Labute approximate surface area is 116 Å². The van der Waals surface area contributed by atoms with Gasteiger partial charge in [-0.25, -0.2) is 0 Å². The van der Waals surface area contributed by atoms with Crippen LogP contribution in [0, 0.1) is 17.0 Å². The first kappa shape index (κ1) is 15.1. The first-order chi connectivity index (χ1) is 8.38. The fourth-order valence-corrected chi connectivity index (χ4v) is 2.83. The lowest BCUT2D eigenvalue weighted by Gasteiger charge is -2.13. The second-order valence-corrected chi connectivity index (χ2v) is 6.06. The summed E-state index contributed by atoms with van der Waals surface area (Å²) in [5.41, 5.74) is 1.40. The first-order valence-electron chi connectivity index (χ1n) is 6.24. The van der Waals surface area contributed by atoms with Crippen molar-refractivity contribution in [2.24, 2.45) is 0 Å². The minimum absolute atomic E-state index is 0.133. The molecule has 1 aromatic heterocycles. The van der Waals surface area contributed by atoms with Crippen molar-refractivity contribution in [3.8, 4) is 0 Å². The van der Waals surface area contributed by atoms with Crippen molar-refractivity contribution in [3.05, 3.63) is 21.5 Å². The van der Waals surface area contributed by atoms with Gasteiger partial charge in [0, 0.05) is 17.3 Å². The third-order valence-corrected chi connectivity index (χ3v) is 3.62. The predicted octanol–water partition coefficient (Wildman–Crippen LogP) is 3.79. The normalized spacial score (nSPS) is 13.0. The summed E-state index contributed by atoms with van der Waals surface area (Å²) in [6.45, 7) is 7.78. The molecule has 6 heteroatoms. The standard InChI is InChI=1S/C12H20BrN3O2/c1-5-6-10(13)7-11-12(16(17)18)9(4)14-15(11)8(2)3/h8,10H,5-7H2,1-4H3. The SMILES string of the molecule is CCCC(Br)Cc1c([N+](=O)[O-])c(C)nn1C(C)C.